The molecule has 2 fully saturated rings. The van der Waals surface area contributed by atoms with E-state index in [9.17, 15) is 22.8 Å². The lowest BCUT2D eigenvalue weighted by Gasteiger charge is -2.30. The SMILES string of the molecule is COC1CCN([C@@H]2CCC[C@@H]2NC(=O)Cc2cccc(C(=O)O)c2)C1.O=C(O)C(F)(F)F. The number of benzene rings is 1. The zero-order valence-electron chi connectivity index (χ0n) is 17.6. The van der Waals surface area contributed by atoms with Gasteiger partial charge in [-0.25, -0.2) is 9.59 Å². The number of carboxylic acids is 2. The second-order valence-electron chi connectivity index (χ2n) is 7.80. The number of ether oxygens (including phenoxy) is 1. The van der Waals surface area contributed by atoms with Crippen LogP contribution in [0.5, 0.6) is 0 Å². The number of nitrogens with one attached hydrogen (secondary N) is 1. The van der Waals surface area contributed by atoms with E-state index < -0.39 is 18.1 Å². The Morgan fingerprint density at radius 1 is 1.19 bits per heavy atom. The summed E-state index contributed by atoms with van der Waals surface area (Å²) in [7, 11) is 1.76. The van der Waals surface area contributed by atoms with E-state index in [0.29, 0.717) is 12.1 Å². The van der Waals surface area contributed by atoms with Crippen molar-refractivity contribution >= 4 is 17.8 Å². The van der Waals surface area contributed by atoms with Gasteiger partial charge >= 0.3 is 18.1 Å². The molecule has 0 bridgehead atoms. The number of methoxy groups -OCH3 is 1. The number of carboxylic acid groups (broad SMARTS) is 2. The minimum absolute atomic E-state index is 0.0399. The van der Waals surface area contributed by atoms with Gasteiger partial charge in [-0.3, -0.25) is 9.69 Å². The molecule has 1 heterocycles. The van der Waals surface area contributed by atoms with Gasteiger partial charge in [0.05, 0.1) is 18.1 Å². The van der Waals surface area contributed by atoms with E-state index in [4.69, 9.17) is 19.7 Å². The highest BCUT2D eigenvalue weighted by Crippen LogP contribution is 2.28. The van der Waals surface area contributed by atoms with Gasteiger partial charge in [0.2, 0.25) is 5.91 Å². The molecule has 1 saturated carbocycles. The minimum atomic E-state index is -5.08. The summed E-state index contributed by atoms with van der Waals surface area (Å²) in [5, 5.41) is 19.3. The van der Waals surface area contributed by atoms with Crippen molar-refractivity contribution in [2.75, 3.05) is 20.2 Å². The number of rotatable bonds is 6. The highest BCUT2D eigenvalue weighted by atomic mass is 19.4. The number of amides is 1. The van der Waals surface area contributed by atoms with Crippen LogP contribution in [0, 0.1) is 0 Å². The number of nitrogens with zero attached hydrogens (tertiary/aromatic N) is 1. The predicted octanol–water partition coefficient (Wildman–Crippen LogP) is 2.32. The maximum atomic E-state index is 12.4. The monoisotopic (exact) mass is 460 g/mol. The van der Waals surface area contributed by atoms with E-state index in [-0.39, 0.29) is 23.9 Å². The third-order valence-corrected chi connectivity index (χ3v) is 5.59. The Labute approximate surface area is 183 Å². The third kappa shape index (κ3) is 7.49. The zero-order chi connectivity index (χ0) is 23.9. The number of hydrogen-bond acceptors (Lipinski definition) is 5. The van der Waals surface area contributed by atoms with Gasteiger partial charge in [-0.05, 0) is 43.4 Å². The highest BCUT2D eigenvalue weighted by Gasteiger charge is 2.38. The van der Waals surface area contributed by atoms with Crippen LogP contribution < -0.4 is 5.32 Å². The molecule has 1 amide bonds. The number of halogens is 3. The van der Waals surface area contributed by atoms with Gasteiger partial charge in [-0.1, -0.05) is 12.1 Å². The Hall–Kier alpha value is -2.66. The fourth-order valence-corrected chi connectivity index (χ4v) is 4.05. The van der Waals surface area contributed by atoms with Gasteiger partial charge in [0.15, 0.2) is 0 Å². The molecule has 0 radical (unpaired) electrons. The van der Waals surface area contributed by atoms with Crippen LogP contribution in [-0.4, -0.2) is 77.5 Å². The van der Waals surface area contributed by atoms with E-state index in [1.807, 2.05) is 0 Å². The van der Waals surface area contributed by atoms with Crippen molar-refractivity contribution < 1.29 is 42.5 Å². The third-order valence-electron chi connectivity index (χ3n) is 5.59. The van der Waals surface area contributed by atoms with Gasteiger partial charge in [0, 0.05) is 32.3 Å². The predicted molar refractivity (Wildman–Crippen MR) is 107 cm³/mol. The summed E-state index contributed by atoms with van der Waals surface area (Å²) in [6.07, 6.45) is -0.287. The fraction of sp³-hybridized carbons (Fsp3) is 0.571. The van der Waals surface area contributed by atoms with Crippen molar-refractivity contribution in [1.29, 1.82) is 0 Å². The Morgan fingerprint density at radius 3 is 2.44 bits per heavy atom. The van der Waals surface area contributed by atoms with Gasteiger partial charge in [0.25, 0.3) is 0 Å². The van der Waals surface area contributed by atoms with E-state index in [2.05, 4.69) is 10.2 Å². The number of alkyl halides is 3. The molecule has 3 rings (SSSR count). The van der Waals surface area contributed by atoms with Crippen LogP contribution in [0.1, 0.15) is 41.6 Å². The van der Waals surface area contributed by atoms with Gasteiger partial charge in [0.1, 0.15) is 0 Å². The van der Waals surface area contributed by atoms with Gasteiger partial charge < -0.3 is 20.3 Å². The number of likely N-dealkylation sites (tertiary alicyclic amines) is 1. The normalized spacial score (nSPS) is 23.3. The fourth-order valence-electron chi connectivity index (χ4n) is 4.05. The first-order valence-corrected chi connectivity index (χ1v) is 10.2. The summed E-state index contributed by atoms with van der Waals surface area (Å²) in [6, 6.07) is 7.13. The molecule has 1 aliphatic heterocycles. The summed E-state index contributed by atoms with van der Waals surface area (Å²) >= 11 is 0. The number of carbonyl (C=O) groups is 3. The Balaban J connectivity index is 0.000000451. The summed E-state index contributed by atoms with van der Waals surface area (Å²) in [6.45, 7) is 1.96. The van der Waals surface area contributed by atoms with Crippen molar-refractivity contribution in [1.82, 2.24) is 10.2 Å². The molecule has 11 heteroatoms. The largest absolute Gasteiger partial charge is 0.490 e. The minimum Gasteiger partial charge on any atom is -0.478 e. The van der Waals surface area contributed by atoms with E-state index in [1.165, 1.54) is 6.07 Å². The summed E-state index contributed by atoms with van der Waals surface area (Å²) in [5.74, 6) is -3.77. The van der Waals surface area contributed by atoms with Crippen molar-refractivity contribution in [2.45, 2.75) is 56.5 Å². The van der Waals surface area contributed by atoms with E-state index in [0.717, 1.165) is 44.3 Å². The Kier molecular flexibility index (Phi) is 9.02. The second-order valence-corrected chi connectivity index (χ2v) is 7.80. The summed E-state index contributed by atoms with van der Waals surface area (Å²) < 4.78 is 37.2. The van der Waals surface area contributed by atoms with Crippen molar-refractivity contribution in [2.24, 2.45) is 0 Å². The number of carbonyl (C=O) groups excluding carboxylic acids is 1. The quantitative estimate of drug-likeness (QED) is 0.597. The molecule has 3 atom stereocenters. The topological polar surface area (TPSA) is 116 Å². The molecule has 1 aromatic carbocycles. The average molecular weight is 460 g/mol. The van der Waals surface area contributed by atoms with Crippen LogP contribution in [0.4, 0.5) is 13.2 Å². The van der Waals surface area contributed by atoms with Crippen molar-refractivity contribution in [3.8, 4) is 0 Å². The molecule has 32 heavy (non-hydrogen) atoms. The van der Waals surface area contributed by atoms with Crippen LogP contribution in [0.25, 0.3) is 0 Å². The standard InChI is InChI=1S/C19H26N2O4.C2HF3O2/c1-25-15-8-9-21(12-15)17-7-3-6-16(17)20-18(22)11-13-4-2-5-14(10-13)19(23)24;3-2(4,5)1(6)7/h2,4-5,10,15-17H,3,6-9,11-12H2,1H3,(H,20,22)(H,23,24);(H,6,7)/t15?,16-,17+;/m0./s1. The Bertz CT molecular complexity index is 817. The molecule has 178 valence electrons. The first-order valence-electron chi connectivity index (χ1n) is 10.2. The lowest BCUT2D eigenvalue weighted by atomic mass is 10.1. The smallest absolute Gasteiger partial charge is 0.478 e. The first-order chi connectivity index (χ1) is 15.0. The number of aliphatic carboxylic acids is 1. The molecule has 3 N–H and O–H groups in total. The van der Waals surface area contributed by atoms with E-state index >= 15 is 0 Å². The first kappa shape index (κ1) is 25.6. The molecule has 8 nitrogen and oxygen atoms in total. The molecular formula is C21H27F3N2O6. The molecule has 0 aromatic heterocycles. The van der Waals surface area contributed by atoms with Crippen molar-refractivity contribution in [3.05, 3.63) is 35.4 Å². The van der Waals surface area contributed by atoms with Crippen molar-refractivity contribution in [3.63, 3.8) is 0 Å². The Morgan fingerprint density at radius 2 is 1.88 bits per heavy atom. The van der Waals surface area contributed by atoms with E-state index in [1.54, 1.807) is 25.3 Å². The average Bonchev–Trinajstić information content (AvgIpc) is 3.36. The summed E-state index contributed by atoms with van der Waals surface area (Å²) in [5.41, 5.74) is 0.944. The zero-order valence-corrected chi connectivity index (χ0v) is 17.6. The van der Waals surface area contributed by atoms with Crippen LogP contribution in [0.15, 0.2) is 24.3 Å². The lowest BCUT2D eigenvalue weighted by molar-refractivity contribution is -0.192. The second kappa shape index (κ2) is 11.3. The molecule has 1 aromatic rings. The molecule has 2 aliphatic rings. The lowest BCUT2D eigenvalue weighted by Crippen LogP contribution is -2.48. The van der Waals surface area contributed by atoms with Crippen LogP contribution in [0.3, 0.4) is 0 Å². The molecule has 0 spiro atoms. The molecular weight excluding hydrogens is 433 g/mol. The van der Waals surface area contributed by atoms with Gasteiger partial charge in [-0.2, -0.15) is 13.2 Å². The summed E-state index contributed by atoms with van der Waals surface area (Å²) in [4.78, 5) is 34.8. The maximum absolute atomic E-state index is 12.4. The van der Waals surface area contributed by atoms with Crippen LogP contribution in [0.2, 0.25) is 0 Å². The maximum Gasteiger partial charge on any atom is 0.490 e. The number of aromatic carboxylic acids is 1. The van der Waals surface area contributed by atoms with Crippen LogP contribution >= 0.6 is 0 Å². The molecule has 1 unspecified atom stereocenters. The van der Waals surface area contributed by atoms with Crippen LogP contribution in [-0.2, 0) is 20.7 Å². The highest BCUT2D eigenvalue weighted by molar-refractivity contribution is 5.88. The number of hydrogen-bond donors (Lipinski definition) is 3. The van der Waals surface area contributed by atoms with Gasteiger partial charge in [-0.15, -0.1) is 0 Å². The molecule has 1 saturated heterocycles. The molecule has 1 aliphatic carbocycles.